The van der Waals surface area contributed by atoms with Crippen molar-refractivity contribution in [3.05, 3.63) is 42.5 Å². The third-order valence-corrected chi connectivity index (χ3v) is 3.89. The van der Waals surface area contributed by atoms with Crippen molar-refractivity contribution >= 4 is 22.4 Å². The molecule has 0 unspecified atom stereocenters. The number of hydrogen-bond acceptors (Lipinski definition) is 2. The van der Waals surface area contributed by atoms with Gasteiger partial charge in [0, 0.05) is 11.1 Å². The zero-order chi connectivity index (χ0) is 14.6. The molecule has 0 heterocycles. The minimum Gasteiger partial charge on any atom is -0.324 e. The molecular formula is C17H18N2O. The maximum absolute atomic E-state index is 12.4. The summed E-state index contributed by atoms with van der Waals surface area (Å²) < 4.78 is 0. The van der Waals surface area contributed by atoms with Crippen LogP contribution in [-0.2, 0) is 4.79 Å². The van der Waals surface area contributed by atoms with Crippen molar-refractivity contribution < 1.29 is 4.79 Å². The lowest BCUT2D eigenvalue weighted by Gasteiger charge is -2.22. The number of rotatable bonds is 4. The van der Waals surface area contributed by atoms with Gasteiger partial charge >= 0.3 is 0 Å². The molecule has 2 rings (SSSR count). The summed E-state index contributed by atoms with van der Waals surface area (Å²) in [5.74, 6) is -0.221. The van der Waals surface area contributed by atoms with Gasteiger partial charge in [0.2, 0.25) is 5.91 Å². The van der Waals surface area contributed by atoms with E-state index in [-0.39, 0.29) is 5.91 Å². The fourth-order valence-electron chi connectivity index (χ4n) is 2.36. The monoisotopic (exact) mass is 266 g/mol. The lowest BCUT2D eigenvalue weighted by Crippen LogP contribution is -2.34. The van der Waals surface area contributed by atoms with Crippen molar-refractivity contribution in [3.63, 3.8) is 0 Å². The Balaban J connectivity index is 2.38. The first-order valence-electron chi connectivity index (χ1n) is 6.87. The predicted molar refractivity (Wildman–Crippen MR) is 81.2 cm³/mol. The number of anilines is 1. The third-order valence-electron chi connectivity index (χ3n) is 3.89. The number of carbonyl (C=O) groups is 1. The summed E-state index contributed by atoms with van der Waals surface area (Å²) in [7, 11) is 0. The van der Waals surface area contributed by atoms with Crippen molar-refractivity contribution in [1.82, 2.24) is 0 Å². The second-order valence-electron chi connectivity index (χ2n) is 4.88. The van der Waals surface area contributed by atoms with Gasteiger partial charge in [-0.3, -0.25) is 4.79 Å². The first kappa shape index (κ1) is 14.1. The first-order valence-corrected chi connectivity index (χ1v) is 6.87. The minimum absolute atomic E-state index is 0.221. The molecule has 3 heteroatoms. The number of fused-ring (bicyclic) bond motifs is 1. The highest BCUT2D eigenvalue weighted by Gasteiger charge is 2.35. The number of benzene rings is 2. The summed E-state index contributed by atoms with van der Waals surface area (Å²) in [4.78, 5) is 12.4. The molecule has 0 aliphatic heterocycles. The summed E-state index contributed by atoms with van der Waals surface area (Å²) in [6.07, 6.45) is 1.02. The average Bonchev–Trinajstić information content (AvgIpc) is 2.50. The number of nitrogens with one attached hydrogen (secondary N) is 1. The Morgan fingerprint density at radius 2 is 1.80 bits per heavy atom. The topological polar surface area (TPSA) is 52.9 Å². The van der Waals surface area contributed by atoms with Gasteiger partial charge in [-0.15, -0.1) is 0 Å². The molecule has 0 atom stereocenters. The molecule has 1 amide bonds. The summed E-state index contributed by atoms with van der Waals surface area (Å²) in [6, 6.07) is 15.8. The Kier molecular flexibility index (Phi) is 4.05. The van der Waals surface area contributed by atoms with E-state index in [0.29, 0.717) is 12.8 Å². The molecule has 0 saturated heterocycles. The Bertz CT molecular complexity index is 661. The van der Waals surface area contributed by atoms with Gasteiger partial charge in [-0.25, -0.2) is 0 Å². The molecule has 1 N–H and O–H groups in total. The predicted octanol–water partition coefficient (Wildman–Crippen LogP) is 4.11. The number of nitriles is 1. The van der Waals surface area contributed by atoms with Crippen molar-refractivity contribution in [1.29, 1.82) is 5.26 Å². The van der Waals surface area contributed by atoms with E-state index in [1.54, 1.807) is 0 Å². The number of amides is 1. The van der Waals surface area contributed by atoms with Crippen molar-refractivity contribution in [2.24, 2.45) is 5.41 Å². The fraction of sp³-hybridized carbons (Fsp3) is 0.294. The Labute approximate surface area is 119 Å². The molecule has 0 saturated carbocycles. The van der Waals surface area contributed by atoms with Crippen LogP contribution in [0, 0.1) is 16.7 Å². The normalized spacial score (nSPS) is 11.1. The van der Waals surface area contributed by atoms with E-state index in [2.05, 4.69) is 11.4 Å². The average molecular weight is 266 g/mol. The zero-order valence-electron chi connectivity index (χ0n) is 11.8. The second kappa shape index (κ2) is 5.75. The quantitative estimate of drug-likeness (QED) is 0.905. The molecular weight excluding hydrogens is 248 g/mol. The van der Waals surface area contributed by atoms with Gasteiger partial charge in [-0.2, -0.15) is 5.26 Å². The molecule has 0 spiro atoms. The van der Waals surface area contributed by atoms with Gasteiger partial charge in [0.1, 0.15) is 5.41 Å². The molecule has 0 aliphatic carbocycles. The number of nitrogens with zero attached hydrogens (tertiary/aromatic N) is 1. The SMILES string of the molecule is CCC(C#N)(CC)C(=O)Nc1cccc2ccccc12. The van der Waals surface area contributed by atoms with Gasteiger partial charge in [0.05, 0.1) is 6.07 Å². The maximum atomic E-state index is 12.4. The molecule has 0 bridgehead atoms. The molecule has 0 fully saturated rings. The van der Waals surface area contributed by atoms with Crippen LogP contribution >= 0.6 is 0 Å². The molecule has 0 aliphatic rings. The van der Waals surface area contributed by atoms with Crippen LogP contribution in [0.1, 0.15) is 26.7 Å². The van der Waals surface area contributed by atoms with Gasteiger partial charge in [0.15, 0.2) is 0 Å². The molecule has 0 aromatic heterocycles. The Morgan fingerprint density at radius 1 is 1.15 bits per heavy atom. The van der Waals surface area contributed by atoms with E-state index in [1.165, 1.54) is 0 Å². The van der Waals surface area contributed by atoms with Gasteiger partial charge in [0.25, 0.3) is 0 Å². The van der Waals surface area contributed by atoms with Crippen molar-refractivity contribution in [3.8, 4) is 6.07 Å². The standard InChI is InChI=1S/C17H18N2O/c1-3-17(4-2,12-18)16(20)19-15-11-7-9-13-8-5-6-10-14(13)15/h5-11H,3-4H2,1-2H3,(H,19,20). The maximum Gasteiger partial charge on any atom is 0.244 e. The van der Waals surface area contributed by atoms with Gasteiger partial charge in [-0.05, 0) is 24.3 Å². The highest BCUT2D eigenvalue weighted by Crippen LogP contribution is 2.29. The largest absolute Gasteiger partial charge is 0.324 e. The summed E-state index contributed by atoms with van der Waals surface area (Å²) in [5.41, 5.74) is -0.189. The Morgan fingerprint density at radius 3 is 2.45 bits per heavy atom. The first-order chi connectivity index (χ1) is 9.66. The molecule has 20 heavy (non-hydrogen) atoms. The van der Waals surface area contributed by atoms with Gasteiger partial charge < -0.3 is 5.32 Å². The van der Waals surface area contributed by atoms with Crippen LogP contribution in [0.2, 0.25) is 0 Å². The third kappa shape index (κ3) is 2.37. The van der Waals surface area contributed by atoms with Crippen LogP contribution in [0.5, 0.6) is 0 Å². The van der Waals surface area contributed by atoms with E-state index in [4.69, 9.17) is 0 Å². The summed E-state index contributed by atoms with van der Waals surface area (Å²) in [6.45, 7) is 3.74. The molecule has 102 valence electrons. The van der Waals surface area contributed by atoms with E-state index in [1.807, 2.05) is 56.3 Å². The highest BCUT2D eigenvalue weighted by atomic mass is 16.2. The second-order valence-corrected chi connectivity index (χ2v) is 4.88. The molecule has 2 aromatic rings. The smallest absolute Gasteiger partial charge is 0.244 e. The highest BCUT2D eigenvalue weighted by molar-refractivity contribution is 6.04. The van der Waals surface area contributed by atoms with E-state index in [9.17, 15) is 10.1 Å². The fourth-order valence-corrected chi connectivity index (χ4v) is 2.36. The summed E-state index contributed by atoms with van der Waals surface area (Å²) >= 11 is 0. The van der Waals surface area contributed by atoms with Crippen LogP contribution in [0.15, 0.2) is 42.5 Å². The minimum atomic E-state index is -0.947. The van der Waals surface area contributed by atoms with Gasteiger partial charge in [-0.1, -0.05) is 50.2 Å². The van der Waals surface area contributed by atoms with E-state index in [0.717, 1.165) is 16.5 Å². The van der Waals surface area contributed by atoms with Crippen molar-refractivity contribution in [2.45, 2.75) is 26.7 Å². The van der Waals surface area contributed by atoms with E-state index < -0.39 is 5.41 Å². The zero-order valence-corrected chi connectivity index (χ0v) is 11.8. The Hall–Kier alpha value is -2.34. The summed E-state index contributed by atoms with van der Waals surface area (Å²) in [5, 5.41) is 14.3. The lowest BCUT2D eigenvalue weighted by molar-refractivity contribution is -0.123. The lowest BCUT2D eigenvalue weighted by atomic mass is 9.83. The number of hydrogen-bond donors (Lipinski definition) is 1. The molecule has 3 nitrogen and oxygen atoms in total. The van der Waals surface area contributed by atoms with Crippen LogP contribution in [0.3, 0.4) is 0 Å². The van der Waals surface area contributed by atoms with Crippen LogP contribution in [0.25, 0.3) is 10.8 Å². The van der Waals surface area contributed by atoms with E-state index >= 15 is 0 Å². The van der Waals surface area contributed by atoms with Crippen LogP contribution in [-0.4, -0.2) is 5.91 Å². The molecule has 2 aromatic carbocycles. The molecule has 0 radical (unpaired) electrons. The van der Waals surface area contributed by atoms with Crippen molar-refractivity contribution in [2.75, 3.05) is 5.32 Å². The number of carbonyl (C=O) groups excluding carboxylic acids is 1. The van der Waals surface area contributed by atoms with Crippen LogP contribution in [0.4, 0.5) is 5.69 Å². The van der Waals surface area contributed by atoms with Crippen LogP contribution < -0.4 is 5.32 Å².